The number of anilines is 2. The molecule has 0 atom stereocenters. The van der Waals surface area contributed by atoms with Crippen molar-refractivity contribution in [2.24, 2.45) is 0 Å². The number of ether oxygens (including phenoxy) is 1. The van der Waals surface area contributed by atoms with Gasteiger partial charge in [0.2, 0.25) is 5.95 Å². The van der Waals surface area contributed by atoms with Crippen LogP contribution in [0.15, 0.2) is 36.4 Å². The van der Waals surface area contributed by atoms with E-state index in [1.54, 1.807) is 0 Å². The Morgan fingerprint density at radius 1 is 0.897 bits per heavy atom. The van der Waals surface area contributed by atoms with Gasteiger partial charge in [0.15, 0.2) is 0 Å². The molecule has 0 radical (unpaired) electrons. The Morgan fingerprint density at radius 3 is 2.21 bits per heavy atom. The largest absolute Gasteiger partial charge is 0.422 e. The van der Waals surface area contributed by atoms with Gasteiger partial charge in [0.1, 0.15) is 11.6 Å². The molecule has 3 rings (SSSR count). The van der Waals surface area contributed by atoms with Crippen molar-refractivity contribution < 1.29 is 35.9 Å². The van der Waals surface area contributed by atoms with Crippen molar-refractivity contribution in [1.29, 1.82) is 0 Å². The van der Waals surface area contributed by atoms with Gasteiger partial charge in [0.05, 0.1) is 22.2 Å². The first-order valence-electron chi connectivity index (χ1n) is 7.69. The van der Waals surface area contributed by atoms with Crippen LogP contribution in [0.4, 0.5) is 38.1 Å². The van der Waals surface area contributed by atoms with Crippen molar-refractivity contribution >= 4 is 28.6 Å². The predicted molar refractivity (Wildman–Crippen MR) is 89.8 cm³/mol. The molecule has 0 fully saturated rings. The lowest BCUT2D eigenvalue weighted by Crippen LogP contribution is -2.16. The summed E-state index contributed by atoms with van der Waals surface area (Å²) >= 11 is 0. The molecule has 0 spiro atoms. The average molecular weight is 416 g/mol. The number of hydrogen-bond acceptors (Lipinski definition) is 6. The summed E-state index contributed by atoms with van der Waals surface area (Å²) in [4.78, 5) is 19.9. The van der Waals surface area contributed by atoms with Gasteiger partial charge in [-0.05, 0) is 36.4 Å². The van der Waals surface area contributed by atoms with Crippen molar-refractivity contribution in [3.05, 3.63) is 53.1 Å². The van der Waals surface area contributed by atoms with Crippen LogP contribution in [0.5, 0.6) is 5.75 Å². The maximum atomic E-state index is 13.1. The first-order chi connectivity index (χ1) is 13.4. The molecule has 29 heavy (non-hydrogen) atoms. The van der Waals surface area contributed by atoms with E-state index in [4.69, 9.17) is 11.5 Å². The Balaban J connectivity index is 2.03. The third-order valence-corrected chi connectivity index (χ3v) is 3.80. The number of rotatable bonds is 2. The molecule has 1 heterocycles. The predicted octanol–water partition coefficient (Wildman–Crippen LogP) is 4.05. The van der Waals surface area contributed by atoms with Crippen LogP contribution in [-0.2, 0) is 12.4 Å². The van der Waals surface area contributed by atoms with Crippen LogP contribution in [0.1, 0.15) is 21.5 Å². The zero-order valence-corrected chi connectivity index (χ0v) is 14.1. The summed E-state index contributed by atoms with van der Waals surface area (Å²) in [5.41, 5.74) is 8.15. The molecule has 0 aliphatic carbocycles. The zero-order valence-electron chi connectivity index (χ0n) is 14.1. The van der Waals surface area contributed by atoms with Gasteiger partial charge in [-0.1, -0.05) is 0 Å². The zero-order chi connectivity index (χ0) is 21.6. The molecule has 0 aliphatic rings. The fourth-order valence-electron chi connectivity index (χ4n) is 2.47. The van der Waals surface area contributed by atoms with Gasteiger partial charge < -0.3 is 16.2 Å². The minimum Gasteiger partial charge on any atom is -0.422 e. The molecule has 0 aliphatic heterocycles. The fourth-order valence-corrected chi connectivity index (χ4v) is 2.47. The number of nitrogen functional groups attached to an aromatic ring is 2. The van der Waals surface area contributed by atoms with E-state index in [0.717, 1.165) is 12.1 Å². The minimum absolute atomic E-state index is 0.0998. The fraction of sp³-hybridized carbons (Fsp3) is 0.118. The van der Waals surface area contributed by atoms with Crippen molar-refractivity contribution in [3.63, 3.8) is 0 Å². The van der Waals surface area contributed by atoms with Crippen molar-refractivity contribution in [1.82, 2.24) is 9.97 Å². The lowest BCUT2D eigenvalue weighted by Gasteiger charge is -2.15. The summed E-state index contributed by atoms with van der Waals surface area (Å²) < 4.78 is 82.5. The highest BCUT2D eigenvalue weighted by molar-refractivity contribution is 5.98. The third kappa shape index (κ3) is 4.15. The smallest absolute Gasteiger partial charge is 0.419 e. The number of carbonyl (C=O) groups excluding carboxylic acids is 1. The van der Waals surface area contributed by atoms with E-state index in [0.29, 0.717) is 0 Å². The highest BCUT2D eigenvalue weighted by Gasteiger charge is 2.38. The SMILES string of the molecule is Nc1nc(N)c2cc(C(=O)Oc3cc(C(F)(F)F)ccc3C(F)(F)F)ccc2n1. The summed E-state index contributed by atoms with van der Waals surface area (Å²) in [6, 6.07) is 4.13. The van der Waals surface area contributed by atoms with Crippen LogP contribution in [-0.4, -0.2) is 15.9 Å². The highest BCUT2D eigenvalue weighted by Crippen LogP contribution is 2.40. The molecule has 2 aromatic carbocycles. The Hall–Kier alpha value is -3.57. The Kier molecular flexibility index (Phi) is 4.73. The molecule has 6 nitrogen and oxygen atoms in total. The molecule has 0 amide bonds. The van der Waals surface area contributed by atoms with E-state index in [2.05, 4.69) is 14.7 Å². The maximum absolute atomic E-state index is 13.1. The number of benzene rings is 2. The number of aromatic nitrogens is 2. The maximum Gasteiger partial charge on any atom is 0.419 e. The monoisotopic (exact) mass is 416 g/mol. The number of hydrogen-bond donors (Lipinski definition) is 2. The van der Waals surface area contributed by atoms with Gasteiger partial charge in [-0.15, -0.1) is 0 Å². The van der Waals surface area contributed by atoms with E-state index in [-0.39, 0.29) is 46.4 Å². The Morgan fingerprint density at radius 2 is 1.59 bits per heavy atom. The van der Waals surface area contributed by atoms with Crippen molar-refractivity contribution in [2.45, 2.75) is 12.4 Å². The summed E-state index contributed by atoms with van der Waals surface area (Å²) in [5, 5.41) is 0.161. The second kappa shape index (κ2) is 6.79. The topological polar surface area (TPSA) is 104 Å². The van der Waals surface area contributed by atoms with Gasteiger partial charge >= 0.3 is 18.3 Å². The van der Waals surface area contributed by atoms with Crippen molar-refractivity contribution in [3.8, 4) is 5.75 Å². The lowest BCUT2D eigenvalue weighted by atomic mass is 10.1. The highest BCUT2D eigenvalue weighted by atomic mass is 19.4. The number of nitrogens with zero attached hydrogens (tertiary/aromatic N) is 2. The quantitative estimate of drug-likeness (QED) is 0.371. The molecule has 0 bridgehead atoms. The van der Waals surface area contributed by atoms with E-state index >= 15 is 0 Å². The Bertz CT molecular complexity index is 1110. The van der Waals surface area contributed by atoms with Gasteiger partial charge in [-0.25, -0.2) is 9.78 Å². The summed E-state index contributed by atoms with van der Waals surface area (Å²) in [6.07, 6.45) is -9.97. The molecule has 3 aromatic rings. The van der Waals surface area contributed by atoms with Gasteiger partial charge in [0.25, 0.3) is 0 Å². The average Bonchev–Trinajstić information content (AvgIpc) is 2.59. The van der Waals surface area contributed by atoms with Crippen LogP contribution in [0.25, 0.3) is 10.9 Å². The molecule has 0 saturated heterocycles. The second-order valence-corrected chi connectivity index (χ2v) is 5.79. The number of fused-ring (bicyclic) bond motifs is 1. The lowest BCUT2D eigenvalue weighted by molar-refractivity contribution is -0.142. The number of alkyl halides is 6. The molecule has 12 heteroatoms. The van der Waals surface area contributed by atoms with Crippen LogP contribution in [0, 0.1) is 0 Å². The molecule has 1 aromatic heterocycles. The Labute approximate surface area is 158 Å². The van der Waals surface area contributed by atoms with E-state index < -0.39 is 35.2 Å². The van der Waals surface area contributed by atoms with Crippen LogP contribution < -0.4 is 16.2 Å². The molecule has 0 unspecified atom stereocenters. The molecular formula is C17H10F6N4O2. The minimum atomic E-state index is -5.04. The first kappa shape index (κ1) is 20.2. The van der Waals surface area contributed by atoms with Crippen molar-refractivity contribution in [2.75, 3.05) is 11.5 Å². The number of halogens is 6. The molecule has 0 saturated carbocycles. The van der Waals surface area contributed by atoms with Gasteiger partial charge in [-0.2, -0.15) is 31.3 Å². The first-order valence-corrected chi connectivity index (χ1v) is 7.69. The number of esters is 1. The van der Waals surface area contributed by atoms with Crippen LogP contribution in [0.3, 0.4) is 0 Å². The van der Waals surface area contributed by atoms with Crippen LogP contribution >= 0.6 is 0 Å². The van der Waals surface area contributed by atoms with E-state index in [9.17, 15) is 31.1 Å². The number of carbonyl (C=O) groups is 1. The van der Waals surface area contributed by atoms with Crippen LogP contribution in [0.2, 0.25) is 0 Å². The number of nitrogens with two attached hydrogens (primary N) is 2. The molecular weight excluding hydrogens is 406 g/mol. The second-order valence-electron chi connectivity index (χ2n) is 5.79. The molecule has 152 valence electrons. The van der Waals surface area contributed by atoms with Gasteiger partial charge in [-0.3, -0.25) is 0 Å². The summed E-state index contributed by atoms with van der Waals surface area (Å²) in [5.74, 6) is -2.84. The third-order valence-electron chi connectivity index (χ3n) is 3.80. The van der Waals surface area contributed by atoms with E-state index in [1.807, 2.05) is 0 Å². The molecule has 4 N–H and O–H groups in total. The summed E-state index contributed by atoms with van der Waals surface area (Å²) in [7, 11) is 0. The van der Waals surface area contributed by atoms with E-state index in [1.165, 1.54) is 6.07 Å². The standard InChI is InChI=1S/C17H10F6N4O2/c18-16(19,20)8-2-3-10(17(21,22)23)12(6-8)29-14(28)7-1-4-11-9(5-7)13(24)27-15(25)26-11/h1-6H,(H4,24,25,26,27). The normalized spacial score (nSPS) is 12.2. The van der Waals surface area contributed by atoms with Gasteiger partial charge in [0, 0.05) is 5.39 Å². The summed E-state index contributed by atoms with van der Waals surface area (Å²) in [6.45, 7) is 0.